The molecule has 0 aromatic carbocycles. The molecule has 2 radical (unpaired) electrons. The van der Waals surface area contributed by atoms with E-state index in [0.717, 1.165) is 0 Å². The molecule has 2 nitrogen and oxygen atoms in total. The molecule has 0 bridgehead atoms. The standard InChI is InChI=1S/C5H10O2Si/c1-3-4-7-5-8-6-2/h3-4H,5H2,1-2H3. The summed E-state index contributed by atoms with van der Waals surface area (Å²) in [7, 11) is 2.12. The number of hydrogen-bond donors (Lipinski definition) is 0. The van der Waals surface area contributed by atoms with Crippen molar-refractivity contribution < 1.29 is 9.16 Å². The summed E-state index contributed by atoms with van der Waals surface area (Å²) in [6.07, 6.45) is 4.17. The van der Waals surface area contributed by atoms with Crippen molar-refractivity contribution in [1.82, 2.24) is 0 Å². The molecule has 0 amide bonds. The van der Waals surface area contributed by atoms with Crippen molar-refractivity contribution in [1.29, 1.82) is 0 Å². The van der Waals surface area contributed by atoms with Crippen molar-refractivity contribution in [2.45, 2.75) is 6.92 Å². The van der Waals surface area contributed by atoms with Gasteiger partial charge >= 0.3 is 0 Å². The Morgan fingerprint density at radius 3 is 2.88 bits per heavy atom. The molecule has 0 N–H and O–H groups in total. The highest BCUT2D eigenvalue weighted by atomic mass is 28.2. The van der Waals surface area contributed by atoms with Crippen molar-refractivity contribution in [2.24, 2.45) is 0 Å². The summed E-state index contributed by atoms with van der Waals surface area (Å²) >= 11 is 0. The van der Waals surface area contributed by atoms with Crippen LogP contribution in [-0.2, 0) is 9.16 Å². The topological polar surface area (TPSA) is 18.5 Å². The van der Waals surface area contributed by atoms with Crippen molar-refractivity contribution in [2.75, 3.05) is 13.3 Å². The molecule has 0 heterocycles. The highest BCUT2D eigenvalue weighted by Gasteiger charge is 1.81. The third kappa shape index (κ3) is 5.72. The minimum absolute atomic E-state index is 0.451. The van der Waals surface area contributed by atoms with E-state index in [1.807, 2.05) is 13.0 Å². The average Bonchev–Trinajstić information content (AvgIpc) is 1.81. The van der Waals surface area contributed by atoms with Gasteiger partial charge in [0.05, 0.1) is 6.26 Å². The van der Waals surface area contributed by atoms with E-state index >= 15 is 0 Å². The molecule has 0 aromatic heterocycles. The summed E-state index contributed by atoms with van der Waals surface area (Å²) in [6, 6.07) is 0. The summed E-state index contributed by atoms with van der Waals surface area (Å²) < 4.78 is 9.69. The van der Waals surface area contributed by atoms with Gasteiger partial charge in [0.1, 0.15) is 6.23 Å². The summed E-state index contributed by atoms with van der Waals surface area (Å²) in [6.45, 7) is 1.91. The molecular weight excluding hydrogens is 120 g/mol. The summed E-state index contributed by atoms with van der Waals surface area (Å²) in [5.74, 6) is 0. The van der Waals surface area contributed by atoms with Gasteiger partial charge in [0.25, 0.3) is 9.76 Å². The molecule has 0 aliphatic rings. The number of hydrogen-bond acceptors (Lipinski definition) is 2. The van der Waals surface area contributed by atoms with Crippen LogP contribution >= 0.6 is 0 Å². The Morgan fingerprint density at radius 1 is 1.62 bits per heavy atom. The van der Waals surface area contributed by atoms with E-state index in [-0.39, 0.29) is 0 Å². The van der Waals surface area contributed by atoms with Crippen LogP contribution in [0.15, 0.2) is 12.3 Å². The first kappa shape index (κ1) is 7.72. The molecule has 0 unspecified atom stereocenters. The molecule has 46 valence electrons. The van der Waals surface area contributed by atoms with Crippen LogP contribution in [0.4, 0.5) is 0 Å². The molecule has 0 atom stereocenters. The fourth-order valence-corrected chi connectivity index (χ4v) is 0.519. The maximum atomic E-state index is 4.93. The number of ether oxygens (including phenoxy) is 1. The van der Waals surface area contributed by atoms with E-state index in [4.69, 9.17) is 9.16 Å². The first-order valence-corrected chi connectivity index (χ1v) is 3.52. The zero-order chi connectivity index (χ0) is 6.24. The highest BCUT2D eigenvalue weighted by Crippen LogP contribution is 1.74. The van der Waals surface area contributed by atoms with Gasteiger partial charge in [-0.05, 0) is 6.92 Å². The Hall–Kier alpha value is -0.283. The lowest BCUT2D eigenvalue weighted by atomic mass is 10.7. The van der Waals surface area contributed by atoms with E-state index in [2.05, 4.69) is 0 Å². The van der Waals surface area contributed by atoms with Gasteiger partial charge < -0.3 is 9.16 Å². The second-order valence-electron chi connectivity index (χ2n) is 1.13. The predicted octanol–water partition coefficient (Wildman–Crippen LogP) is 0.760. The van der Waals surface area contributed by atoms with Crippen LogP contribution in [0.1, 0.15) is 6.92 Å². The fourth-order valence-electron chi connectivity index (χ4n) is 0.237. The zero-order valence-corrected chi connectivity index (χ0v) is 6.18. The van der Waals surface area contributed by atoms with Crippen LogP contribution in [0.5, 0.6) is 0 Å². The maximum absolute atomic E-state index is 4.93. The van der Waals surface area contributed by atoms with Crippen molar-refractivity contribution in [3.8, 4) is 0 Å². The van der Waals surface area contributed by atoms with Crippen LogP contribution in [0.3, 0.4) is 0 Å². The van der Waals surface area contributed by atoms with Crippen LogP contribution in [0.2, 0.25) is 0 Å². The lowest BCUT2D eigenvalue weighted by Gasteiger charge is -1.93. The van der Waals surface area contributed by atoms with Crippen molar-refractivity contribution >= 4 is 9.76 Å². The van der Waals surface area contributed by atoms with Crippen LogP contribution in [0, 0.1) is 0 Å². The largest absolute Gasteiger partial charge is 0.503 e. The number of rotatable bonds is 4. The van der Waals surface area contributed by atoms with Crippen molar-refractivity contribution in [3.63, 3.8) is 0 Å². The SMILES string of the molecule is CC=COC[Si]OC. The molecule has 0 fully saturated rings. The first-order valence-electron chi connectivity index (χ1n) is 2.40. The molecule has 0 aromatic rings. The van der Waals surface area contributed by atoms with Gasteiger partial charge in [-0.3, -0.25) is 0 Å². The van der Waals surface area contributed by atoms with Crippen LogP contribution in [0.25, 0.3) is 0 Å². The predicted molar refractivity (Wildman–Crippen MR) is 33.5 cm³/mol. The first-order chi connectivity index (χ1) is 3.91. The Bertz CT molecular complexity index is 63.4. The summed E-state index contributed by atoms with van der Waals surface area (Å²) in [5, 5.41) is 0. The Balaban J connectivity index is 2.72. The van der Waals surface area contributed by atoms with Crippen molar-refractivity contribution in [3.05, 3.63) is 12.3 Å². The maximum Gasteiger partial charge on any atom is 0.272 e. The van der Waals surface area contributed by atoms with Gasteiger partial charge in [-0.1, -0.05) is 6.08 Å². The molecular formula is C5H10O2Si. The quantitative estimate of drug-likeness (QED) is 0.318. The normalized spacial score (nSPS) is 10.2. The molecule has 3 heteroatoms. The smallest absolute Gasteiger partial charge is 0.272 e. The minimum atomic E-state index is 0.451. The Labute approximate surface area is 52.4 Å². The van der Waals surface area contributed by atoms with E-state index < -0.39 is 0 Å². The van der Waals surface area contributed by atoms with Gasteiger partial charge in [-0.2, -0.15) is 0 Å². The third-order valence-electron chi connectivity index (χ3n) is 0.519. The summed E-state index contributed by atoms with van der Waals surface area (Å²) in [5.41, 5.74) is 0. The second-order valence-corrected chi connectivity index (χ2v) is 2.11. The highest BCUT2D eigenvalue weighted by molar-refractivity contribution is 6.26. The minimum Gasteiger partial charge on any atom is -0.503 e. The number of allylic oxidation sites excluding steroid dienone is 1. The van der Waals surface area contributed by atoms with E-state index in [9.17, 15) is 0 Å². The Morgan fingerprint density at radius 2 is 2.38 bits per heavy atom. The molecule has 0 saturated carbocycles. The molecule has 0 spiro atoms. The molecule has 0 rings (SSSR count). The van der Waals surface area contributed by atoms with E-state index in [0.29, 0.717) is 16.0 Å². The van der Waals surface area contributed by atoms with Gasteiger partial charge in [0.2, 0.25) is 0 Å². The average molecular weight is 130 g/mol. The molecule has 8 heavy (non-hydrogen) atoms. The lowest BCUT2D eigenvalue weighted by molar-refractivity contribution is 0.287. The van der Waals surface area contributed by atoms with E-state index in [1.165, 1.54) is 0 Å². The molecule has 0 saturated heterocycles. The van der Waals surface area contributed by atoms with Gasteiger partial charge in [0.15, 0.2) is 0 Å². The van der Waals surface area contributed by atoms with Crippen LogP contribution < -0.4 is 0 Å². The Kier molecular flexibility index (Phi) is 6.48. The molecule has 0 aliphatic carbocycles. The second kappa shape index (κ2) is 6.72. The van der Waals surface area contributed by atoms with Crippen LogP contribution in [-0.4, -0.2) is 23.1 Å². The monoisotopic (exact) mass is 130 g/mol. The van der Waals surface area contributed by atoms with E-state index in [1.54, 1.807) is 13.4 Å². The third-order valence-corrected chi connectivity index (χ3v) is 1.09. The van der Waals surface area contributed by atoms with Gasteiger partial charge in [0, 0.05) is 7.11 Å². The zero-order valence-electron chi connectivity index (χ0n) is 5.18. The lowest BCUT2D eigenvalue weighted by Crippen LogP contribution is -2.01. The van der Waals surface area contributed by atoms with Gasteiger partial charge in [-0.25, -0.2) is 0 Å². The molecule has 0 aliphatic heterocycles. The van der Waals surface area contributed by atoms with Gasteiger partial charge in [-0.15, -0.1) is 0 Å². The fraction of sp³-hybridized carbons (Fsp3) is 0.600. The summed E-state index contributed by atoms with van der Waals surface area (Å²) in [4.78, 5) is 0.